The van der Waals surface area contributed by atoms with Gasteiger partial charge >= 0.3 is 0 Å². The van der Waals surface area contributed by atoms with Crippen LogP contribution in [0.5, 0.6) is 0 Å². The number of rotatable bonds is 5. The maximum atomic E-state index is 8.98. The summed E-state index contributed by atoms with van der Waals surface area (Å²) in [4.78, 5) is 11.6. The van der Waals surface area contributed by atoms with Crippen LogP contribution >= 0.6 is 0 Å². The number of nitrogens with zero attached hydrogens (tertiary/aromatic N) is 3. The highest BCUT2D eigenvalue weighted by Crippen LogP contribution is 2.28. The molecule has 2 aliphatic rings. The van der Waals surface area contributed by atoms with Crippen LogP contribution in [0.25, 0.3) is 0 Å². The molecule has 2 fully saturated rings. The van der Waals surface area contributed by atoms with Crippen LogP contribution in [0.15, 0.2) is 6.07 Å². The third-order valence-electron chi connectivity index (χ3n) is 4.16. The highest BCUT2D eigenvalue weighted by Gasteiger charge is 2.22. The largest absolute Gasteiger partial charge is 0.395 e. The molecule has 1 aromatic rings. The molecular weight excluding hydrogens is 268 g/mol. The van der Waals surface area contributed by atoms with Crippen LogP contribution in [-0.2, 0) is 4.74 Å². The van der Waals surface area contributed by atoms with Crippen molar-refractivity contribution in [3.8, 4) is 0 Å². The van der Waals surface area contributed by atoms with E-state index in [1.165, 1.54) is 19.3 Å². The number of hydrogen-bond acceptors (Lipinski definition) is 6. The van der Waals surface area contributed by atoms with Crippen molar-refractivity contribution in [2.45, 2.75) is 31.6 Å². The highest BCUT2D eigenvalue weighted by molar-refractivity contribution is 5.46. The first-order valence-electron chi connectivity index (χ1n) is 7.93. The first-order chi connectivity index (χ1) is 10.4. The standard InChI is InChI=1S/C15H24N4O2/c20-8-5-16-15-17-13(12-4-9-21-11-12)10-14(18-15)19-6-2-1-3-7-19/h10,12,20H,1-9,11H2,(H,16,17,18). The van der Waals surface area contributed by atoms with Gasteiger partial charge < -0.3 is 20.1 Å². The van der Waals surface area contributed by atoms with Crippen LogP contribution in [-0.4, -0.2) is 54.5 Å². The molecule has 0 saturated carbocycles. The molecule has 1 unspecified atom stereocenters. The molecule has 0 spiro atoms. The quantitative estimate of drug-likeness (QED) is 0.854. The summed E-state index contributed by atoms with van der Waals surface area (Å²) in [5.41, 5.74) is 1.06. The summed E-state index contributed by atoms with van der Waals surface area (Å²) in [6.45, 7) is 4.25. The van der Waals surface area contributed by atoms with E-state index >= 15 is 0 Å². The van der Waals surface area contributed by atoms with E-state index in [0.29, 0.717) is 18.4 Å². The number of ether oxygens (including phenoxy) is 1. The van der Waals surface area contributed by atoms with Gasteiger partial charge in [-0.25, -0.2) is 4.98 Å². The minimum absolute atomic E-state index is 0.0825. The summed E-state index contributed by atoms with van der Waals surface area (Å²) in [6, 6.07) is 2.12. The van der Waals surface area contributed by atoms with Crippen LogP contribution in [0.1, 0.15) is 37.3 Å². The van der Waals surface area contributed by atoms with Gasteiger partial charge in [0.25, 0.3) is 0 Å². The van der Waals surface area contributed by atoms with Crippen molar-refractivity contribution in [1.29, 1.82) is 0 Å². The van der Waals surface area contributed by atoms with Gasteiger partial charge in [-0.05, 0) is 25.7 Å². The average molecular weight is 292 g/mol. The minimum Gasteiger partial charge on any atom is -0.395 e. The van der Waals surface area contributed by atoms with E-state index in [2.05, 4.69) is 26.3 Å². The molecule has 0 aromatic carbocycles. The van der Waals surface area contributed by atoms with E-state index in [0.717, 1.165) is 44.2 Å². The Balaban J connectivity index is 1.84. The Morgan fingerprint density at radius 3 is 2.86 bits per heavy atom. The van der Waals surface area contributed by atoms with Crippen molar-refractivity contribution in [1.82, 2.24) is 9.97 Å². The fourth-order valence-corrected chi connectivity index (χ4v) is 2.96. The maximum absolute atomic E-state index is 8.98. The van der Waals surface area contributed by atoms with Gasteiger partial charge in [-0.3, -0.25) is 0 Å². The molecule has 3 heterocycles. The molecule has 3 rings (SSSR count). The van der Waals surface area contributed by atoms with Gasteiger partial charge in [-0.15, -0.1) is 0 Å². The van der Waals surface area contributed by atoms with Crippen molar-refractivity contribution in [3.63, 3.8) is 0 Å². The van der Waals surface area contributed by atoms with Crippen molar-refractivity contribution >= 4 is 11.8 Å². The summed E-state index contributed by atoms with van der Waals surface area (Å²) in [5, 5.41) is 12.1. The number of piperidine rings is 1. The van der Waals surface area contributed by atoms with Gasteiger partial charge in [-0.2, -0.15) is 4.98 Å². The fraction of sp³-hybridized carbons (Fsp3) is 0.733. The molecule has 1 atom stereocenters. The van der Waals surface area contributed by atoms with Gasteiger partial charge in [0.15, 0.2) is 0 Å². The van der Waals surface area contributed by atoms with Crippen LogP contribution in [0.2, 0.25) is 0 Å². The molecule has 6 heteroatoms. The predicted octanol–water partition coefficient (Wildman–Crippen LogP) is 1.37. The van der Waals surface area contributed by atoms with Crippen molar-refractivity contribution in [2.75, 3.05) is 49.7 Å². The summed E-state index contributed by atoms with van der Waals surface area (Å²) in [7, 11) is 0. The molecule has 116 valence electrons. The molecule has 0 aliphatic carbocycles. The number of aromatic nitrogens is 2. The van der Waals surface area contributed by atoms with Crippen LogP contribution in [0, 0.1) is 0 Å². The molecule has 0 amide bonds. The fourth-order valence-electron chi connectivity index (χ4n) is 2.96. The molecule has 0 bridgehead atoms. The van der Waals surface area contributed by atoms with E-state index in [1.807, 2.05) is 0 Å². The lowest BCUT2D eigenvalue weighted by Gasteiger charge is -2.28. The molecule has 2 saturated heterocycles. The second kappa shape index (κ2) is 7.04. The van der Waals surface area contributed by atoms with Gasteiger partial charge in [-0.1, -0.05) is 0 Å². The summed E-state index contributed by atoms with van der Waals surface area (Å²) in [5.74, 6) is 1.99. The van der Waals surface area contributed by atoms with E-state index in [-0.39, 0.29) is 6.61 Å². The van der Waals surface area contributed by atoms with E-state index in [1.54, 1.807) is 0 Å². The van der Waals surface area contributed by atoms with E-state index < -0.39 is 0 Å². The normalized spacial score (nSPS) is 22.5. The molecular formula is C15H24N4O2. The first kappa shape index (κ1) is 14.5. The number of hydrogen-bond donors (Lipinski definition) is 2. The third kappa shape index (κ3) is 3.63. The molecule has 2 aliphatic heterocycles. The number of nitrogens with one attached hydrogen (secondary N) is 1. The van der Waals surface area contributed by atoms with Crippen LogP contribution < -0.4 is 10.2 Å². The molecule has 2 N–H and O–H groups in total. The first-order valence-corrected chi connectivity index (χ1v) is 7.93. The zero-order valence-electron chi connectivity index (χ0n) is 12.4. The highest BCUT2D eigenvalue weighted by atomic mass is 16.5. The van der Waals surface area contributed by atoms with Gasteiger partial charge in [0.05, 0.1) is 18.9 Å². The lowest BCUT2D eigenvalue weighted by atomic mass is 10.0. The van der Waals surface area contributed by atoms with Crippen molar-refractivity contribution in [3.05, 3.63) is 11.8 Å². The third-order valence-corrected chi connectivity index (χ3v) is 4.16. The second-order valence-corrected chi connectivity index (χ2v) is 5.73. The zero-order chi connectivity index (χ0) is 14.5. The lowest BCUT2D eigenvalue weighted by Crippen LogP contribution is -2.30. The predicted molar refractivity (Wildman–Crippen MR) is 81.8 cm³/mol. The Hall–Kier alpha value is -1.40. The Kier molecular flexibility index (Phi) is 4.87. The van der Waals surface area contributed by atoms with Crippen LogP contribution in [0.3, 0.4) is 0 Å². The number of aliphatic hydroxyl groups excluding tert-OH is 1. The Morgan fingerprint density at radius 2 is 2.14 bits per heavy atom. The summed E-state index contributed by atoms with van der Waals surface area (Å²) >= 11 is 0. The molecule has 0 radical (unpaired) electrons. The molecule has 6 nitrogen and oxygen atoms in total. The smallest absolute Gasteiger partial charge is 0.224 e. The van der Waals surface area contributed by atoms with Crippen molar-refractivity contribution < 1.29 is 9.84 Å². The SMILES string of the molecule is OCCNc1nc(C2CCOC2)cc(N2CCCCC2)n1. The topological polar surface area (TPSA) is 70.5 Å². The van der Waals surface area contributed by atoms with Gasteiger partial charge in [0, 0.05) is 38.2 Å². The summed E-state index contributed by atoms with van der Waals surface area (Å²) < 4.78 is 5.48. The lowest BCUT2D eigenvalue weighted by molar-refractivity contribution is 0.193. The zero-order valence-corrected chi connectivity index (χ0v) is 12.4. The molecule has 1 aromatic heterocycles. The Labute approximate surface area is 125 Å². The van der Waals surface area contributed by atoms with E-state index in [4.69, 9.17) is 9.84 Å². The average Bonchev–Trinajstić information content (AvgIpc) is 3.08. The summed E-state index contributed by atoms with van der Waals surface area (Å²) in [6.07, 6.45) is 4.78. The van der Waals surface area contributed by atoms with Crippen LogP contribution in [0.4, 0.5) is 11.8 Å². The second-order valence-electron chi connectivity index (χ2n) is 5.73. The molecule has 21 heavy (non-hydrogen) atoms. The Bertz CT molecular complexity index is 457. The number of anilines is 2. The van der Waals surface area contributed by atoms with Crippen molar-refractivity contribution in [2.24, 2.45) is 0 Å². The van der Waals surface area contributed by atoms with E-state index in [9.17, 15) is 0 Å². The number of aliphatic hydroxyl groups is 1. The van der Waals surface area contributed by atoms with Gasteiger partial charge in [0.1, 0.15) is 5.82 Å². The minimum atomic E-state index is 0.0825. The monoisotopic (exact) mass is 292 g/mol. The maximum Gasteiger partial charge on any atom is 0.224 e. The Morgan fingerprint density at radius 1 is 1.29 bits per heavy atom. The van der Waals surface area contributed by atoms with Gasteiger partial charge in [0.2, 0.25) is 5.95 Å².